The maximum atomic E-state index is 6.14. The van der Waals surface area contributed by atoms with Crippen molar-refractivity contribution in [2.24, 2.45) is 7.05 Å². The minimum Gasteiger partial charge on any atom is -0.317 e. The van der Waals surface area contributed by atoms with E-state index >= 15 is 0 Å². The molecule has 1 atom stereocenters. The number of rotatable bonds is 5. The molecule has 0 bridgehead atoms. The second-order valence-corrected chi connectivity index (χ2v) is 8.16. The van der Waals surface area contributed by atoms with Gasteiger partial charge in [-0.1, -0.05) is 23.7 Å². The van der Waals surface area contributed by atoms with Gasteiger partial charge in [0.05, 0.1) is 6.54 Å². The number of likely N-dealkylation sites (tertiary alicyclic amines) is 2. The third-order valence-electron chi connectivity index (χ3n) is 5.73. The molecule has 2 aliphatic rings. The molecule has 4 rings (SSSR count). The second-order valence-electron chi connectivity index (χ2n) is 7.72. The van der Waals surface area contributed by atoms with E-state index in [0.717, 1.165) is 42.9 Å². The SMILES string of the molecule is Cn1c(CN2CCCC2)nnc1C1CCCN(Cc2cccc(Cl)c2)C1. The predicted molar refractivity (Wildman–Crippen MR) is 104 cm³/mol. The van der Waals surface area contributed by atoms with E-state index in [1.165, 1.54) is 44.3 Å². The third kappa shape index (κ3) is 4.11. The summed E-state index contributed by atoms with van der Waals surface area (Å²) in [6.45, 7) is 6.46. The van der Waals surface area contributed by atoms with Gasteiger partial charge in [0, 0.05) is 31.1 Å². The normalized spacial score (nSPS) is 22.2. The van der Waals surface area contributed by atoms with Crippen molar-refractivity contribution in [1.29, 1.82) is 0 Å². The van der Waals surface area contributed by atoms with Gasteiger partial charge in [-0.05, 0) is 63.0 Å². The van der Waals surface area contributed by atoms with E-state index < -0.39 is 0 Å². The Kier molecular flexibility index (Phi) is 5.57. The smallest absolute Gasteiger partial charge is 0.146 e. The summed E-state index contributed by atoms with van der Waals surface area (Å²) >= 11 is 6.14. The van der Waals surface area contributed by atoms with E-state index in [0.29, 0.717) is 5.92 Å². The molecule has 2 saturated heterocycles. The molecule has 0 saturated carbocycles. The van der Waals surface area contributed by atoms with Crippen LogP contribution >= 0.6 is 11.6 Å². The molecule has 2 aliphatic heterocycles. The molecular weight excluding hydrogens is 346 g/mol. The number of hydrogen-bond donors (Lipinski definition) is 0. The van der Waals surface area contributed by atoms with Crippen molar-refractivity contribution in [2.75, 3.05) is 26.2 Å². The van der Waals surface area contributed by atoms with Crippen LogP contribution in [0, 0.1) is 0 Å². The monoisotopic (exact) mass is 373 g/mol. The van der Waals surface area contributed by atoms with Crippen LogP contribution in [0.1, 0.15) is 48.8 Å². The highest BCUT2D eigenvalue weighted by Gasteiger charge is 2.26. The van der Waals surface area contributed by atoms with E-state index in [4.69, 9.17) is 11.6 Å². The zero-order chi connectivity index (χ0) is 17.9. The van der Waals surface area contributed by atoms with Crippen molar-refractivity contribution in [2.45, 2.75) is 44.7 Å². The lowest BCUT2D eigenvalue weighted by atomic mass is 9.96. The lowest BCUT2D eigenvalue weighted by Gasteiger charge is -2.32. The van der Waals surface area contributed by atoms with Crippen molar-refractivity contribution in [3.63, 3.8) is 0 Å². The summed E-state index contributed by atoms with van der Waals surface area (Å²) in [6.07, 6.45) is 5.03. The van der Waals surface area contributed by atoms with Crippen LogP contribution in [0.3, 0.4) is 0 Å². The Labute approximate surface area is 161 Å². The quantitative estimate of drug-likeness (QED) is 0.804. The molecule has 6 heteroatoms. The molecule has 1 aromatic carbocycles. The highest BCUT2D eigenvalue weighted by Crippen LogP contribution is 2.27. The molecule has 0 N–H and O–H groups in total. The van der Waals surface area contributed by atoms with Crippen molar-refractivity contribution in [3.8, 4) is 0 Å². The van der Waals surface area contributed by atoms with Crippen LogP contribution in [0.2, 0.25) is 5.02 Å². The maximum Gasteiger partial charge on any atom is 0.146 e. The topological polar surface area (TPSA) is 37.2 Å². The first-order valence-electron chi connectivity index (χ1n) is 9.76. The van der Waals surface area contributed by atoms with Crippen LogP contribution in [0.15, 0.2) is 24.3 Å². The first-order chi connectivity index (χ1) is 12.7. The van der Waals surface area contributed by atoms with Gasteiger partial charge in [-0.2, -0.15) is 0 Å². The molecule has 3 heterocycles. The minimum atomic E-state index is 0.466. The fourth-order valence-electron chi connectivity index (χ4n) is 4.31. The fraction of sp³-hybridized carbons (Fsp3) is 0.600. The van der Waals surface area contributed by atoms with Gasteiger partial charge < -0.3 is 4.57 Å². The van der Waals surface area contributed by atoms with E-state index in [1.54, 1.807) is 0 Å². The summed E-state index contributed by atoms with van der Waals surface area (Å²) < 4.78 is 2.24. The Balaban J connectivity index is 1.41. The summed E-state index contributed by atoms with van der Waals surface area (Å²) in [5.74, 6) is 2.72. The van der Waals surface area contributed by atoms with E-state index in [9.17, 15) is 0 Å². The molecule has 2 fully saturated rings. The molecule has 26 heavy (non-hydrogen) atoms. The van der Waals surface area contributed by atoms with Gasteiger partial charge in [-0.15, -0.1) is 10.2 Å². The predicted octanol–water partition coefficient (Wildman–Crippen LogP) is 3.44. The van der Waals surface area contributed by atoms with Crippen LogP contribution < -0.4 is 0 Å². The summed E-state index contributed by atoms with van der Waals surface area (Å²) in [7, 11) is 2.14. The number of hydrogen-bond acceptors (Lipinski definition) is 4. The van der Waals surface area contributed by atoms with Gasteiger partial charge in [0.15, 0.2) is 0 Å². The van der Waals surface area contributed by atoms with Gasteiger partial charge in [-0.25, -0.2) is 0 Å². The molecule has 1 aromatic heterocycles. The number of halogens is 1. The first kappa shape index (κ1) is 18.0. The molecule has 0 amide bonds. The highest BCUT2D eigenvalue weighted by molar-refractivity contribution is 6.30. The Morgan fingerprint density at radius 3 is 2.65 bits per heavy atom. The zero-order valence-electron chi connectivity index (χ0n) is 15.6. The van der Waals surface area contributed by atoms with Crippen molar-refractivity contribution in [1.82, 2.24) is 24.6 Å². The Hall–Kier alpha value is -1.43. The van der Waals surface area contributed by atoms with Gasteiger partial charge in [0.25, 0.3) is 0 Å². The van der Waals surface area contributed by atoms with Crippen LogP contribution in [-0.4, -0.2) is 50.7 Å². The van der Waals surface area contributed by atoms with Gasteiger partial charge in [-0.3, -0.25) is 9.80 Å². The first-order valence-corrected chi connectivity index (χ1v) is 10.1. The highest BCUT2D eigenvalue weighted by atomic mass is 35.5. The largest absolute Gasteiger partial charge is 0.317 e. The molecule has 0 radical (unpaired) electrons. The van der Waals surface area contributed by atoms with Crippen molar-refractivity contribution < 1.29 is 0 Å². The van der Waals surface area contributed by atoms with Gasteiger partial charge in [0.1, 0.15) is 11.6 Å². The van der Waals surface area contributed by atoms with Gasteiger partial charge >= 0.3 is 0 Å². The van der Waals surface area contributed by atoms with E-state index in [-0.39, 0.29) is 0 Å². The van der Waals surface area contributed by atoms with Crippen LogP contribution in [-0.2, 0) is 20.1 Å². The summed E-state index contributed by atoms with van der Waals surface area (Å²) in [6, 6.07) is 8.20. The van der Waals surface area contributed by atoms with Crippen molar-refractivity contribution >= 4 is 11.6 Å². The molecule has 1 unspecified atom stereocenters. The molecule has 0 spiro atoms. The lowest BCUT2D eigenvalue weighted by molar-refractivity contribution is 0.195. The molecule has 2 aromatic rings. The molecule has 140 valence electrons. The molecule has 0 aliphatic carbocycles. The number of aromatic nitrogens is 3. The zero-order valence-corrected chi connectivity index (χ0v) is 16.3. The summed E-state index contributed by atoms with van der Waals surface area (Å²) in [4.78, 5) is 5.01. The summed E-state index contributed by atoms with van der Waals surface area (Å²) in [5.41, 5.74) is 1.28. The fourth-order valence-corrected chi connectivity index (χ4v) is 4.53. The van der Waals surface area contributed by atoms with E-state index in [1.807, 2.05) is 12.1 Å². The standard InChI is InChI=1S/C20H28ClN5/c1-24-19(15-25-9-2-3-10-25)22-23-20(24)17-7-5-11-26(14-17)13-16-6-4-8-18(21)12-16/h4,6,8,12,17H,2-3,5,7,9-11,13-15H2,1H3. The average Bonchev–Trinajstić information content (AvgIpc) is 3.26. The number of nitrogens with zero attached hydrogens (tertiary/aromatic N) is 5. The number of benzene rings is 1. The number of piperidine rings is 1. The maximum absolute atomic E-state index is 6.14. The molecule has 5 nitrogen and oxygen atoms in total. The second kappa shape index (κ2) is 8.07. The average molecular weight is 374 g/mol. The Morgan fingerprint density at radius 1 is 1.04 bits per heavy atom. The minimum absolute atomic E-state index is 0.466. The third-order valence-corrected chi connectivity index (χ3v) is 5.96. The molecular formula is C20H28ClN5. The van der Waals surface area contributed by atoms with Crippen LogP contribution in [0.4, 0.5) is 0 Å². The van der Waals surface area contributed by atoms with Crippen LogP contribution in [0.25, 0.3) is 0 Å². The van der Waals surface area contributed by atoms with Gasteiger partial charge in [0.2, 0.25) is 0 Å². The Bertz CT molecular complexity index is 738. The van der Waals surface area contributed by atoms with Crippen molar-refractivity contribution in [3.05, 3.63) is 46.5 Å². The Morgan fingerprint density at radius 2 is 1.85 bits per heavy atom. The summed E-state index contributed by atoms with van der Waals surface area (Å²) in [5, 5.41) is 9.90. The van der Waals surface area contributed by atoms with E-state index in [2.05, 4.69) is 43.7 Å². The lowest BCUT2D eigenvalue weighted by Crippen LogP contribution is -2.35. The van der Waals surface area contributed by atoms with Crippen LogP contribution in [0.5, 0.6) is 0 Å².